The van der Waals surface area contributed by atoms with Crippen molar-refractivity contribution in [1.82, 2.24) is 0 Å². The van der Waals surface area contributed by atoms with Crippen LogP contribution in [0.3, 0.4) is 0 Å². The molecular weight excluding hydrogens is 321 g/mol. The predicted molar refractivity (Wildman–Crippen MR) is 109 cm³/mol. The van der Waals surface area contributed by atoms with Crippen molar-refractivity contribution in [2.24, 2.45) is 0 Å². The average molecular weight is 339 g/mol. The normalized spacial score (nSPS) is 10.7. The maximum atomic E-state index is 9.49. The van der Waals surface area contributed by atoms with Crippen LogP contribution in [0.4, 0.5) is 11.4 Å². The summed E-state index contributed by atoms with van der Waals surface area (Å²) in [5.41, 5.74) is 4.36. The van der Waals surface area contributed by atoms with E-state index in [4.69, 9.17) is 0 Å². The minimum atomic E-state index is -1.51. The molecule has 4 heteroatoms. The lowest BCUT2D eigenvalue weighted by atomic mass is 9.79. The number of para-hydroxylation sites is 1. The first-order valence-electron chi connectivity index (χ1n) is 8.53. The van der Waals surface area contributed by atoms with Gasteiger partial charge in [0, 0.05) is 16.8 Å². The second-order valence-electron chi connectivity index (χ2n) is 6.19. The van der Waals surface area contributed by atoms with E-state index < -0.39 is 7.12 Å². The van der Waals surface area contributed by atoms with Gasteiger partial charge in [0.05, 0.1) is 0 Å². The molecule has 3 N–H and O–H groups in total. The van der Waals surface area contributed by atoms with Crippen molar-refractivity contribution in [3.63, 3.8) is 0 Å². The van der Waals surface area contributed by atoms with E-state index in [2.05, 4.69) is 53.8 Å². The van der Waals surface area contributed by atoms with E-state index in [1.807, 2.05) is 30.3 Å². The number of anilines is 2. The van der Waals surface area contributed by atoms with Crippen LogP contribution in [0.5, 0.6) is 0 Å². The molecule has 0 aliphatic rings. The molecule has 0 heterocycles. The van der Waals surface area contributed by atoms with E-state index in [9.17, 15) is 10.0 Å². The second-order valence-corrected chi connectivity index (χ2v) is 6.19. The highest BCUT2D eigenvalue weighted by atomic mass is 16.4. The van der Waals surface area contributed by atoms with Crippen molar-refractivity contribution in [3.05, 3.63) is 91.0 Å². The molecule has 0 bridgehead atoms. The van der Waals surface area contributed by atoms with Crippen LogP contribution in [-0.4, -0.2) is 17.2 Å². The molecule has 3 nitrogen and oxygen atoms in total. The van der Waals surface area contributed by atoms with Gasteiger partial charge in [-0.05, 0) is 40.1 Å². The number of hydrogen-bond acceptors (Lipinski definition) is 3. The molecule has 0 spiro atoms. The molecular formula is C22H18BNO2. The molecule has 26 heavy (non-hydrogen) atoms. The van der Waals surface area contributed by atoms with Crippen molar-refractivity contribution >= 4 is 34.7 Å². The smallest absolute Gasteiger partial charge is 0.423 e. The van der Waals surface area contributed by atoms with Crippen LogP contribution >= 0.6 is 0 Å². The van der Waals surface area contributed by atoms with Gasteiger partial charge < -0.3 is 15.4 Å². The Morgan fingerprint density at radius 1 is 0.654 bits per heavy atom. The summed E-state index contributed by atoms with van der Waals surface area (Å²) in [5.74, 6) is 0. The highest BCUT2D eigenvalue weighted by Crippen LogP contribution is 2.29. The second kappa shape index (κ2) is 7.04. The van der Waals surface area contributed by atoms with Gasteiger partial charge in [-0.1, -0.05) is 72.8 Å². The lowest BCUT2D eigenvalue weighted by Crippen LogP contribution is -2.31. The highest BCUT2D eigenvalue weighted by Gasteiger charge is 2.15. The van der Waals surface area contributed by atoms with Gasteiger partial charge in [-0.15, -0.1) is 0 Å². The Bertz CT molecular complexity index is 1040. The lowest BCUT2D eigenvalue weighted by molar-refractivity contribution is 0.426. The number of fused-ring (bicyclic) bond motifs is 1. The minimum absolute atomic E-state index is 0.450. The topological polar surface area (TPSA) is 52.5 Å². The van der Waals surface area contributed by atoms with Crippen molar-refractivity contribution in [3.8, 4) is 11.1 Å². The Morgan fingerprint density at radius 2 is 1.35 bits per heavy atom. The summed E-state index contributed by atoms with van der Waals surface area (Å²) in [6.07, 6.45) is 0. The van der Waals surface area contributed by atoms with Crippen LogP contribution < -0.4 is 10.8 Å². The minimum Gasteiger partial charge on any atom is -0.423 e. The van der Waals surface area contributed by atoms with Crippen LogP contribution in [-0.2, 0) is 0 Å². The molecule has 0 atom stereocenters. The Labute approximate surface area is 152 Å². The van der Waals surface area contributed by atoms with Crippen LogP contribution in [0.1, 0.15) is 0 Å². The predicted octanol–water partition coefficient (Wildman–Crippen LogP) is 3.93. The molecule has 126 valence electrons. The molecule has 0 saturated heterocycles. The summed E-state index contributed by atoms with van der Waals surface area (Å²) in [4.78, 5) is 0. The number of nitrogens with one attached hydrogen (secondary N) is 1. The first-order valence-corrected chi connectivity index (χ1v) is 8.53. The third kappa shape index (κ3) is 3.20. The third-order valence-corrected chi connectivity index (χ3v) is 4.50. The maximum absolute atomic E-state index is 9.49. The first-order chi connectivity index (χ1) is 12.7. The summed E-state index contributed by atoms with van der Waals surface area (Å²) < 4.78 is 0. The van der Waals surface area contributed by atoms with E-state index >= 15 is 0 Å². The van der Waals surface area contributed by atoms with Crippen LogP contribution in [0.15, 0.2) is 91.0 Å². The van der Waals surface area contributed by atoms with Gasteiger partial charge in [0.1, 0.15) is 0 Å². The van der Waals surface area contributed by atoms with E-state index in [0.29, 0.717) is 11.2 Å². The Hall–Kier alpha value is -3.08. The third-order valence-electron chi connectivity index (χ3n) is 4.50. The Balaban J connectivity index is 1.65. The van der Waals surface area contributed by atoms with Crippen LogP contribution in [0.25, 0.3) is 21.9 Å². The van der Waals surface area contributed by atoms with Gasteiger partial charge in [-0.3, -0.25) is 0 Å². The van der Waals surface area contributed by atoms with Crippen LogP contribution in [0, 0.1) is 0 Å². The molecule has 0 aliphatic carbocycles. The van der Waals surface area contributed by atoms with Gasteiger partial charge >= 0.3 is 7.12 Å². The number of benzene rings is 4. The number of rotatable bonds is 4. The van der Waals surface area contributed by atoms with Gasteiger partial charge in [-0.25, -0.2) is 0 Å². The lowest BCUT2D eigenvalue weighted by Gasteiger charge is -2.12. The fourth-order valence-electron chi connectivity index (χ4n) is 3.20. The van der Waals surface area contributed by atoms with Crippen molar-refractivity contribution in [2.75, 3.05) is 5.32 Å². The van der Waals surface area contributed by atoms with Crippen LogP contribution in [0.2, 0.25) is 0 Å². The van der Waals surface area contributed by atoms with Gasteiger partial charge in [0.2, 0.25) is 0 Å². The summed E-state index contributed by atoms with van der Waals surface area (Å²) in [6.45, 7) is 0. The van der Waals surface area contributed by atoms with E-state index in [-0.39, 0.29) is 0 Å². The monoisotopic (exact) mass is 339 g/mol. The summed E-state index contributed by atoms with van der Waals surface area (Å²) >= 11 is 0. The van der Waals surface area contributed by atoms with Gasteiger partial charge in [0.15, 0.2) is 0 Å². The molecule has 0 amide bonds. The zero-order valence-electron chi connectivity index (χ0n) is 14.1. The van der Waals surface area contributed by atoms with Gasteiger partial charge in [-0.2, -0.15) is 0 Å². The molecule has 4 aromatic rings. The molecule has 4 rings (SSSR count). The molecule has 0 unspecified atom stereocenters. The van der Waals surface area contributed by atoms with E-state index in [0.717, 1.165) is 11.3 Å². The quantitative estimate of drug-likeness (QED) is 0.494. The fraction of sp³-hybridized carbons (Fsp3) is 0. The molecule has 0 aromatic heterocycles. The average Bonchev–Trinajstić information content (AvgIpc) is 2.68. The van der Waals surface area contributed by atoms with Crippen molar-refractivity contribution in [1.29, 1.82) is 0 Å². The summed E-state index contributed by atoms with van der Waals surface area (Å²) in [6, 6.07) is 30.0. The fourth-order valence-corrected chi connectivity index (χ4v) is 3.20. The zero-order valence-corrected chi connectivity index (χ0v) is 14.1. The van der Waals surface area contributed by atoms with E-state index in [1.165, 1.54) is 16.3 Å². The Kier molecular flexibility index (Phi) is 4.44. The Morgan fingerprint density at radius 3 is 2.15 bits per heavy atom. The van der Waals surface area contributed by atoms with E-state index in [1.54, 1.807) is 12.1 Å². The maximum Gasteiger partial charge on any atom is 0.490 e. The molecule has 0 saturated carbocycles. The number of hydrogen-bond donors (Lipinski definition) is 3. The molecule has 4 aromatic carbocycles. The zero-order chi connectivity index (χ0) is 17.9. The van der Waals surface area contributed by atoms with Crippen molar-refractivity contribution in [2.45, 2.75) is 0 Å². The summed E-state index contributed by atoms with van der Waals surface area (Å²) in [5, 5.41) is 24.7. The first kappa shape index (κ1) is 16.4. The molecule has 0 fully saturated rings. The molecule has 0 radical (unpaired) electrons. The standard InChI is InChI=1S/C22H18BNO2/c25-23(26)21-10-3-4-11-22(21)24-18-14-12-17(13-15-18)20-9-5-7-16-6-1-2-8-19(16)20/h1-15,24-26H. The van der Waals surface area contributed by atoms with Crippen molar-refractivity contribution < 1.29 is 10.0 Å². The van der Waals surface area contributed by atoms with Gasteiger partial charge in [0.25, 0.3) is 0 Å². The summed E-state index contributed by atoms with van der Waals surface area (Å²) in [7, 11) is -1.51. The SMILES string of the molecule is OB(O)c1ccccc1Nc1ccc(-c2cccc3ccccc23)cc1. The molecule has 0 aliphatic heterocycles. The highest BCUT2D eigenvalue weighted by molar-refractivity contribution is 6.60. The largest absolute Gasteiger partial charge is 0.490 e.